The summed E-state index contributed by atoms with van der Waals surface area (Å²) in [5.41, 5.74) is -1.47. The number of carbonyl (C=O) groups is 1. The number of hydrogen-bond donors (Lipinski definition) is 0. The van der Waals surface area contributed by atoms with Gasteiger partial charge in [-0.3, -0.25) is 14.9 Å². The summed E-state index contributed by atoms with van der Waals surface area (Å²) in [7, 11) is 0. The fourth-order valence-electron chi connectivity index (χ4n) is 1.43. The Morgan fingerprint density at radius 1 is 1.44 bits per heavy atom. The molecule has 0 spiro atoms. The molecular formula is C10H9NO5. The first-order valence-electron chi connectivity index (χ1n) is 4.59. The molecule has 0 N–H and O–H groups in total. The Hall–Kier alpha value is -2.11. The van der Waals surface area contributed by atoms with E-state index in [0.29, 0.717) is 17.8 Å². The lowest BCUT2D eigenvalue weighted by Gasteiger charge is -2.14. The van der Waals surface area contributed by atoms with Gasteiger partial charge in [-0.1, -0.05) is 0 Å². The zero-order valence-corrected chi connectivity index (χ0v) is 8.50. The Kier molecular flexibility index (Phi) is 2.26. The number of fused-ring (bicyclic) bond motifs is 1. The van der Waals surface area contributed by atoms with E-state index in [0.717, 1.165) is 0 Å². The summed E-state index contributed by atoms with van der Waals surface area (Å²) >= 11 is 0. The predicted molar refractivity (Wildman–Crippen MR) is 53.0 cm³/mol. The molecule has 2 rings (SSSR count). The number of carbonyl (C=O) groups excluding carboxylic acids is 1. The third kappa shape index (κ3) is 1.39. The lowest BCUT2D eigenvalue weighted by atomic mass is 9.94. The highest BCUT2D eigenvalue weighted by Crippen LogP contribution is 2.35. The van der Waals surface area contributed by atoms with Crippen LogP contribution in [0.15, 0.2) is 18.2 Å². The second-order valence-electron chi connectivity index (χ2n) is 3.59. The normalized spacial score (nSPS) is 16.6. The molecule has 0 fully saturated rings. The van der Waals surface area contributed by atoms with Crippen LogP contribution in [-0.2, 0) is 10.3 Å². The summed E-state index contributed by atoms with van der Waals surface area (Å²) in [5.74, 6) is 0.952. The molecule has 0 saturated heterocycles. The molecule has 1 aromatic carbocycles. The Balaban J connectivity index is 2.48. The van der Waals surface area contributed by atoms with E-state index < -0.39 is 10.5 Å². The van der Waals surface area contributed by atoms with Gasteiger partial charge in [-0.15, -0.1) is 0 Å². The fourth-order valence-corrected chi connectivity index (χ4v) is 1.43. The Bertz CT molecular complexity index is 459. The van der Waals surface area contributed by atoms with Crippen LogP contribution in [0.2, 0.25) is 0 Å². The molecule has 16 heavy (non-hydrogen) atoms. The maximum atomic E-state index is 10.9. The van der Waals surface area contributed by atoms with Gasteiger partial charge in [-0.25, -0.2) is 0 Å². The summed E-state index contributed by atoms with van der Waals surface area (Å²) in [6.07, 6.45) is 0.310. The molecule has 1 aliphatic rings. The van der Waals surface area contributed by atoms with E-state index in [9.17, 15) is 14.9 Å². The average Bonchev–Trinajstić information content (AvgIpc) is 2.74. The minimum Gasteiger partial charge on any atom is -0.454 e. The van der Waals surface area contributed by atoms with Crippen molar-refractivity contribution < 1.29 is 19.2 Å². The molecule has 0 aliphatic carbocycles. The summed E-state index contributed by atoms with van der Waals surface area (Å²) in [4.78, 5) is 21.1. The van der Waals surface area contributed by atoms with Crippen molar-refractivity contribution >= 4 is 6.29 Å². The maximum absolute atomic E-state index is 10.9. The highest BCUT2D eigenvalue weighted by Gasteiger charge is 2.40. The molecule has 1 unspecified atom stereocenters. The van der Waals surface area contributed by atoms with Crippen molar-refractivity contribution in [2.75, 3.05) is 6.79 Å². The lowest BCUT2D eigenvalue weighted by Crippen LogP contribution is -2.33. The molecule has 0 amide bonds. The topological polar surface area (TPSA) is 78.7 Å². The molecule has 1 aromatic rings. The van der Waals surface area contributed by atoms with Gasteiger partial charge in [0.15, 0.2) is 11.5 Å². The highest BCUT2D eigenvalue weighted by atomic mass is 16.7. The van der Waals surface area contributed by atoms with E-state index in [1.165, 1.54) is 19.1 Å². The minimum absolute atomic E-state index is 0.0923. The lowest BCUT2D eigenvalue weighted by molar-refractivity contribution is -0.553. The van der Waals surface area contributed by atoms with Crippen molar-refractivity contribution in [1.82, 2.24) is 0 Å². The van der Waals surface area contributed by atoms with Gasteiger partial charge < -0.3 is 9.47 Å². The molecule has 6 nitrogen and oxygen atoms in total. The van der Waals surface area contributed by atoms with Gasteiger partial charge in [0, 0.05) is 17.4 Å². The standard InChI is InChI=1S/C10H9NO5/c1-10(5-12,11(13)14)7-2-3-8-9(4-7)16-6-15-8/h2-5H,6H2,1H3. The van der Waals surface area contributed by atoms with Crippen molar-refractivity contribution in [2.45, 2.75) is 12.5 Å². The van der Waals surface area contributed by atoms with Crippen LogP contribution in [0.1, 0.15) is 12.5 Å². The van der Waals surface area contributed by atoms with Crippen molar-refractivity contribution in [2.24, 2.45) is 0 Å². The number of nitrogens with zero attached hydrogens (tertiary/aromatic N) is 1. The maximum Gasteiger partial charge on any atom is 0.298 e. The van der Waals surface area contributed by atoms with Gasteiger partial charge in [0.05, 0.1) is 0 Å². The zero-order valence-electron chi connectivity index (χ0n) is 8.50. The second kappa shape index (κ2) is 3.48. The molecule has 1 heterocycles. The van der Waals surface area contributed by atoms with Crippen molar-refractivity contribution in [3.63, 3.8) is 0 Å². The molecular weight excluding hydrogens is 214 g/mol. The van der Waals surface area contributed by atoms with Gasteiger partial charge in [0.1, 0.15) is 0 Å². The van der Waals surface area contributed by atoms with E-state index in [1.54, 1.807) is 6.07 Å². The van der Waals surface area contributed by atoms with Crippen molar-refractivity contribution in [1.29, 1.82) is 0 Å². The van der Waals surface area contributed by atoms with E-state index >= 15 is 0 Å². The largest absolute Gasteiger partial charge is 0.454 e. The van der Waals surface area contributed by atoms with Gasteiger partial charge >= 0.3 is 0 Å². The number of benzene rings is 1. The Labute approximate surface area is 90.9 Å². The molecule has 0 saturated carbocycles. The van der Waals surface area contributed by atoms with Crippen LogP contribution in [0, 0.1) is 10.1 Å². The van der Waals surface area contributed by atoms with Gasteiger partial charge in [0.25, 0.3) is 5.54 Å². The van der Waals surface area contributed by atoms with Crippen LogP contribution in [0.3, 0.4) is 0 Å². The van der Waals surface area contributed by atoms with Gasteiger partial charge in [0.2, 0.25) is 13.1 Å². The first kappa shape index (κ1) is 10.4. The summed E-state index contributed by atoms with van der Waals surface area (Å²) < 4.78 is 10.2. The van der Waals surface area contributed by atoms with Crippen LogP contribution in [0.5, 0.6) is 11.5 Å². The molecule has 1 aliphatic heterocycles. The van der Waals surface area contributed by atoms with Crippen LogP contribution >= 0.6 is 0 Å². The van der Waals surface area contributed by atoms with Crippen molar-refractivity contribution in [3.05, 3.63) is 33.9 Å². The van der Waals surface area contributed by atoms with Crippen molar-refractivity contribution in [3.8, 4) is 11.5 Å². The molecule has 1 atom stereocenters. The van der Waals surface area contributed by atoms with Crippen LogP contribution < -0.4 is 9.47 Å². The van der Waals surface area contributed by atoms with E-state index in [-0.39, 0.29) is 12.4 Å². The monoisotopic (exact) mass is 223 g/mol. The number of ether oxygens (including phenoxy) is 2. The predicted octanol–water partition coefficient (Wildman–Crippen LogP) is 1.11. The van der Waals surface area contributed by atoms with Crippen LogP contribution in [0.25, 0.3) is 0 Å². The van der Waals surface area contributed by atoms with E-state index in [2.05, 4.69) is 0 Å². The minimum atomic E-state index is -1.75. The molecule has 0 aromatic heterocycles. The number of rotatable bonds is 3. The Morgan fingerprint density at radius 3 is 2.75 bits per heavy atom. The number of nitro groups is 1. The van der Waals surface area contributed by atoms with Gasteiger partial charge in [-0.2, -0.15) is 0 Å². The first-order valence-corrected chi connectivity index (χ1v) is 4.59. The zero-order chi connectivity index (χ0) is 11.8. The second-order valence-corrected chi connectivity index (χ2v) is 3.59. The highest BCUT2D eigenvalue weighted by molar-refractivity contribution is 5.66. The molecule has 0 radical (unpaired) electrons. The Morgan fingerprint density at radius 2 is 2.12 bits per heavy atom. The smallest absolute Gasteiger partial charge is 0.298 e. The third-order valence-corrected chi connectivity index (χ3v) is 2.57. The number of aldehydes is 1. The third-order valence-electron chi connectivity index (χ3n) is 2.57. The molecule has 84 valence electrons. The van der Waals surface area contributed by atoms with Crippen LogP contribution in [0.4, 0.5) is 0 Å². The summed E-state index contributed by atoms with van der Waals surface area (Å²) in [6, 6.07) is 4.51. The first-order chi connectivity index (χ1) is 7.58. The number of hydrogen-bond acceptors (Lipinski definition) is 5. The van der Waals surface area contributed by atoms with Crippen LogP contribution in [-0.4, -0.2) is 18.0 Å². The fraction of sp³-hybridized carbons (Fsp3) is 0.300. The molecule has 0 bridgehead atoms. The van der Waals surface area contributed by atoms with E-state index in [4.69, 9.17) is 9.47 Å². The SMILES string of the molecule is CC(C=O)(c1ccc2c(c1)OCO2)[N+](=O)[O-]. The molecule has 6 heteroatoms. The van der Waals surface area contributed by atoms with E-state index in [1.807, 2.05) is 0 Å². The quantitative estimate of drug-likeness (QED) is 0.435. The summed E-state index contributed by atoms with van der Waals surface area (Å²) in [6.45, 7) is 1.34. The average molecular weight is 223 g/mol. The van der Waals surface area contributed by atoms with Gasteiger partial charge in [-0.05, 0) is 18.2 Å². The summed E-state index contributed by atoms with van der Waals surface area (Å²) in [5, 5.41) is 10.9.